The third-order valence-electron chi connectivity index (χ3n) is 5.78. The van der Waals surface area contributed by atoms with Gasteiger partial charge in [0.05, 0.1) is 17.9 Å². The van der Waals surface area contributed by atoms with Crippen LogP contribution in [0.1, 0.15) is 54.1 Å². The van der Waals surface area contributed by atoms with Gasteiger partial charge in [0.2, 0.25) is 5.91 Å². The van der Waals surface area contributed by atoms with Crippen molar-refractivity contribution in [2.45, 2.75) is 57.9 Å². The van der Waals surface area contributed by atoms with Gasteiger partial charge in [0.1, 0.15) is 10.8 Å². The summed E-state index contributed by atoms with van der Waals surface area (Å²) >= 11 is 1.90. The van der Waals surface area contributed by atoms with Crippen LogP contribution in [0.4, 0.5) is 10.1 Å². The van der Waals surface area contributed by atoms with Crippen molar-refractivity contribution in [2.24, 2.45) is 5.92 Å². The third kappa shape index (κ3) is 4.97. The van der Waals surface area contributed by atoms with Crippen molar-refractivity contribution >= 4 is 22.9 Å². The van der Waals surface area contributed by atoms with Crippen LogP contribution in [0.25, 0.3) is 0 Å². The number of piperidine rings is 1. The maximum absolute atomic E-state index is 13.7. The number of hydrogen-bond acceptors (Lipinski definition) is 4. The zero-order chi connectivity index (χ0) is 19.3. The molecule has 0 saturated carbocycles. The molecule has 1 N–H and O–H groups in total. The van der Waals surface area contributed by atoms with Crippen molar-refractivity contribution < 1.29 is 9.18 Å². The van der Waals surface area contributed by atoms with Gasteiger partial charge in [-0.3, -0.25) is 9.69 Å². The first kappa shape index (κ1) is 19.5. The number of carbonyl (C=O) groups excluding carboxylic acids is 1. The van der Waals surface area contributed by atoms with E-state index in [2.05, 4.69) is 10.2 Å². The van der Waals surface area contributed by atoms with Crippen LogP contribution in [-0.2, 0) is 24.2 Å². The Morgan fingerprint density at radius 2 is 2.11 bits per heavy atom. The molecule has 2 heterocycles. The lowest BCUT2D eigenvalue weighted by Crippen LogP contribution is -2.35. The molecule has 150 valence electrons. The van der Waals surface area contributed by atoms with Crippen molar-refractivity contribution in [1.82, 2.24) is 9.88 Å². The van der Waals surface area contributed by atoms with E-state index in [1.165, 1.54) is 47.3 Å². The van der Waals surface area contributed by atoms with Crippen LogP contribution in [0.3, 0.4) is 0 Å². The number of amides is 1. The van der Waals surface area contributed by atoms with Gasteiger partial charge in [0.15, 0.2) is 0 Å². The second-order valence-corrected chi connectivity index (χ2v) is 9.16. The fourth-order valence-corrected chi connectivity index (χ4v) is 5.50. The van der Waals surface area contributed by atoms with Gasteiger partial charge in [-0.15, -0.1) is 11.3 Å². The number of para-hydroxylation sites is 1. The van der Waals surface area contributed by atoms with Crippen LogP contribution in [0.2, 0.25) is 0 Å². The first-order chi connectivity index (χ1) is 13.7. The molecule has 0 bridgehead atoms. The molecule has 2 aromatic rings. The van der Waals surface area contributed by atoms with Crippen LogP contribution < -0.4 is 5.32 Å². The van der Waals surface area contributed by atoms with Crippen LogP contribution in [0, 0.1) is 11.7 Å². The molecule has 2 aliphatic rings. The van der Waals surface area contributed by atoms with E-state index in [1.54, 1.807) is 18.2 Å². The summed E-state index contributed by atoms with van der Waals surface area (Å²) in [5.41, 5.74) is 1.61. The van der Waals surface area contributed by atoms with Crippen LogP contribution in [-0.4, -0.2) is 28.9 Å². The van der Waals surface area contributed by atoms with Gasteiger partial charge in [-0.05, 0) is 69.5 Å². The van der Waals surface area contributed by atoms with Crippen molar-refractivity contribution in [3.8, 4) is 0 Å². The Morgan fingerprint density at radius 3 is 2.96 bits per heavy atom. The molecule has 1 fully saturated rings. The second kappa shape index (κ2) is 9.14. The van der Waals surface area contributed by atoms with Crippen molar-refractivity contribution in [2.75, 3.05) is 18.4 Å². The normalized spacial score (nSPS) is 20.0. The maximum Gasteiger partial charge on any atom is 0.224 e. The van der Waals surface area contributed by atoms with Gasteiger partial charge in [-0.2, -0.15) is 0 Å². The Labute approximate surface area is 170 Å². The number of hydrogen-bond donors (Lipinski definition) is 1. The molecule has 1 aliphatic heterocycles. The quantitative estimate of drug-likeness (QED) is 0.757. The number of benzene rings is 1. The number of rotatable bonds is 6. The third-order valence-corrected chi connectivity index (χ3v) is 6.92. The Balaban J connectivity index is 1.25. The van der Waals surface area contributed by atoms with Crippen LogP contribution in [0.5, 0.6) is 0 Å². The van der Waals surface area contributed by atoms with Crippen molar-refractivity contribution in [3.05, 3.63) is 45.7 Å². The lowest BCUT2D eigenvalue weighted by molar-refractivity contribution is -0.116. The number of nitrogens with one attached hydrogen (secondary N) is 1. The second-order valence-electron chi connectivity index (χ2n) is 7.99. The zero-order valence-corrected chi connectivity index (χ0v) is 17.1. The molecule has 1 aliphatic carbocycles. The van der Waals surface area contributed by atoms with Gasteiger partial charge in [0, 0.05) is 17.8 Å². The number of halogens is 1. The molecule has 1 unspecified atom stereocenters. The van der Waals surface area contributed by atoms with E-state index in [1.807, 2.05) is 11.3 Å². The lowest BCUT2D eigenvalue weighted by atomic mass is 9.93. The Hall–Kier alpha value is -1.79. The molecule has 6 heteroatoms. The first-order valence-corrected chi connectivity index (χ1v) is 11.2. The summed E-state index contributed by atoms with van der Waals surface area (Å²) in [6.45, 7) is 3.08. The number of fused-ring (bicyclic) bond motifs is 1. The van der Waals surface area contributed by atoms with Crippen molar-refractivity contribution in [1.29, 1.82) is 0 Å². The monoisotopic (exact) mass is 401 g/mol. The summed E-state index contributed by atoms with van der Waals surface area (Å²) in [6.07, 6.45) is 8.55. The van der Waals surface area contributed by atoms with E-state index in [0.717, 1.165) is 38.9 Å². The molecule has 0 radical (unpaired) electrons. The number of carbonyl (C=O) groups is 1. The first-order valence-electron chi connectivity index (χ1n) is 10.4. The fraction of sp³-hybridized carbons (Fsp3) is 0.545. The molecule has 1 amide bonds. The number of likely N-dealkylation sites (tertiary alicyclic amines) is 1. The minimum atomic E-state index is -0.383. The minimum Gasteiger partial charge on any atom is -0.324 e. The van der Waals surface area contributed by atoms with E-state index in [4.69, 9.17) is 4.98 Å². The smallest absolute Gasteiger partial charge is 0.224 e. The average Bonchev–Trinajstić information content (AvgIpc) is 3.11. The number of nitrogens with zero attached hydrogens (tertiary/aromatic N) is 2. The summed E-state index contributed by atoms with van der Waals surface area (Å²) in [5, 5.41) is 3.95. The molecule has 0 spiro atoms. The highest BCUT2D eigenvalue weighted by Gasteiger charge is 2.23. The summed E-state index contributed by atoms with van der Waals surface area (Å²) in [5.74, 6) is 0.0374. The van der Waals surface area contributed by atoms with Gasteiger partial charge >= 0.3 is 0 Å². The highest BCUT2D eigenvalue weighted by molar-refractivity contribution is 7.11. The highest BCUT2D eigenvalue weighted by Crippen LogP contribution is 2.29. The van der Waals surface area contributed by atoms with E-state index in [0.29, 0.717) is 12.3 Å². The molecule has 4 rings (SSSR count). The largest absolute Gasteiger partial charge is 0.324 e. The Morgan fingerprint density at radius 1 is 1.25 bits per heavy atom. The topological polar surface area (TPSA) is 45.2 Å². The van der Waals surface area contributed by atoms with Gasteiger partial charge < -0.3 is 5.32 Å². The molecular formula is C22H28FN3OS. The summed E-state index contributed by atoms with van der Waals surface area (Å²) in [7, 11) is 0. The van der Waals surface area contributed by atoms with Crippen molar-refractivity contribution in [3.63, 3.8) is 0 Å². The molecule has 28 heavy (non-hydrogen) atoms. The van der Waals surface area contributed by atoms with E-state index >= 15 is 0 Å². The average molecular weight is 402 g/mol. The van der Waals surface area contributed by atoms with E-state index in [-0.39, 0.29) is 17.4 Å². The molecule has 4 nitrogen and oxygen atoms in total. The zero-order valence-electron chi connectivity index (χ0n) is 16.3. The molecule has 1 aromatic heterocycles. The van der Waals surface area contributed by atoms with E-state index < -0.39 is 0 Å². The molecular weight excluding hydrogens is 373 g/mol. The Kier molecular flexibility index (Phi) is 6.37. The van der Waals surface area contributed by atoms with E-state index in [9.17, 15) is 9.18 Å². The van der Waals surface area contributed by atoms with Gasteiger partial charge in [-0.1, -0.05) is 12.1 Å². The predicted molar refractivity (Wildman–Crippen MR) is 111 cm³/mol. The lowest BCUT2D eigenvalue weighted by Gasteiger charge is -2.32. The molecule has 1 saturated heterocycles. The Bertz CT molecular complexity index is 798. The predicted octanol–water partition coefficient (Wildman–Crippen LogP) is 4.79. The fourth-order valence-electron chi connectivity index (χ4n) is 4.31. The molecule has 1 atom stereocenters. The summed E-state index contributed by atoms with van der Waals surface area (Å²) in [6, 6.07) is 6.32. The maximum atomic E-state index is 13.7. The van der Waals surface area contributed by atoms with Crippen LogP contribution in [0.15, 0.2) is 24.3 Å². The number of aromatic nitrogens is 1. The minimum absolute atomic E-state index is 0.102. The standard InChI is InChI=1S/C22H28FN3OS/c23-17-7-1-2-8-18(17)24-21(27)12-11-16-6-5-13-26(14-16)15-22-25-19-9-3-4-10-20(19)28-22/h1-2,7-8,16H,3-6,9-15H2,(H,24,27). The molecule has 1 aromatic carbocycles. The van der Waals surface area contributed by atoms with Gasteiger partial charge in [-0.25, -0.2) is 9.37 Å². The van der Waals surface area contributed by atoms with Gasteiger partial charge in [0.25, 0.3) is 0 Å². The summed E-state index contributed by atoms with van der Waals surface area (Å²) in [4.78, 5) is 21.1. The van der Waals surface area contributed by atoms with Crippen LogP contribution >= 0.6 is 11.3 Å². The summed E-state index contributed by atoms with van der Waals surface area (Å²) < 4.78 is 13.7. The number of anilines is 1. The highest BCUT2D eigenvalue weighted by atomic mass is 32.1. The number of aryl methyl sites for hydroxylation is 2. The SMILES string of the molecule is O=C(CCC1CCCN(Cc2nc3c(s2)CCCC3)C1)Nc1ccccc1F. The number of thiazole rings is 1.